The Hall–Kier alpha value is -3.03. The van der Waals surface area contributed by atoms with E-state index < -0.39 is 35.3 Å². The lowest BCUT2D eigenvalue weighted by molar-refractivity contribution is -0.143. The number of amides is 1. The van der Waals surface area contributed by atoms with E-state index in [0.717, 1.165) is 11.8 Å². The van der Waals surface area contributed by atoms with Gasteiger partial charge in [0.15, 0.2) is 11.6 Å². The number of benzene rings is 1. The first-order chi connectivity index (χ1) is 16.1. The van der Waals surface area contributed by atoms with Gasteiger partial charge in [-0.15, -0.1) is 0 Å². The molecule has 8 heteroatoms. The van der Waals surface area contributed by atoms with Crippen molar-refractivity contribution in [3.8, 4) is 0 Å². The van der Waals surface area contributed by atoms with E-state index in [2.05, 4.69) is 10.3 Å². The molecule has 1 heterocycles. The molecule has 34 heavy (non-hydrogen) atoms. The van der Waals surface area contributed by atoms with E-state index in [-0.39, 0.29) is 23.9 Å². The number of halogens is 2. The third kappa shape index (κ3) is 6.30. The number of nitrogens with zero attached hydrogens (tertiary/aromatic N) is 1. The number of alkyl carbamates (subject to hydrolysis) is 1. The monoisotopic (exact) mass is 474 g/mol. The van der Waals surface area contributed by atoms with Gasteiger partial charge < -0.3 is 14.8 Å². The molecule has 1 aromatic heterocycles. The molecule has 0 fully saturated rings. The van der Waals surface area contributed by atoms with Gasteiger partial charge in [-0.05, 0) is 70.2 Å². The number of fused-ring (bicyclic) bond motifs is 1. The van der Waals surface area contributed by atoms with Crippen LogP contribution in [-0.2, 0) is 14.3 Å². The molecule has 0 aliphatic heterocycles. The van der Waals surface area contributed by atoms with Crippen LogP contribution in [0.5, 0.6) is 0 Å². The lowest BCUT2D eigenvalue weighted by Gasteiger charge is -2.29. The highest BCUT2D eigenvalue weighted by molar-refractivity contribution is 5.70. The van der Waals surface area contributed by atoms with Crippen LogP contribution in [0.25, 0.3) is 0 Å². The molecule has 184 valence electrons. The Kier molecular flexibility index (Phi) is 8.23. The zero-order chi connectivity index (χ0) is 24.9. The lowest BCUT2D eigenvalue weighted by Crippen LogP contribution is -2.37. The van der Waals surface area contributed by atoms with Crippen LogP contribution in [0.3, 0.4) is 0 Å². The minimum Gasteiger partial charge on any atom is -0.466 e. The van der Waals surface area contributed by atoms with Gasteiger partial charge in [0, 0.05) is 30.1 Å². The number of aromatic nitrogens is 1. The number of pyridine rings is 1. The van der Waals surface area contributed by atoms with Gasteiger partial charge in [0.2, 0.25) is 0 Å². The summed E-state index contributed by atoms with van der Waals surface area (Å²) in [5.41, 5.74) is 0.886. The number of ether oxygens (including phenoxy) is 2. The summed E-state index contributed by atoms with van der Waals surface area (Å²) in [5, 5.41) is 2.89. The van der Waals surface area contributed by atoms with Crippen molar-refractivity contribution in [2.75, 3.05) is 6.61 Å². The Morgan fingerprint density at radius 1 is 1.12 bits per heavy atom. The number of carbonyl (C=O) groups excluding carboxylic acids is 2. The van der Waals surface area contributed by atoms with Gasteiger partial charge in [-0.25, -0.2) is 13.6 Å². The number of carbonyl (C=O) groups is 2. The van der Waals surface area contributed by atoms with Gasteiger partial charge in [0.05, 0.1) is 12.6 Å². The molecule has 6 nitrogen and oxygen atoms in total. The predicted octanol–water partition coefficient (Wildman–Crippen LogP) is 5.93. The van der Waals surface area contributed by atoms with Crippen molar-refractivity contribution < 1.29 is 27.8 Å². The zero-order valence-corrected chi connectivity index (χ0v) is 20.1. The number of rotatable bonds is 6. The Bertz CT molecular complexity index is 1020. The maximum absolute atomic E-state index is 14.9. The largest absolute Gasteiger partial charge is 0.466 e. The molecule has 1 aliphatic carbocycles. The average molecular weight is 475 g/mol. The summed E-state index contributed by atoms with van der Waals surface area (Å²) in [4.78, 5) is 29.3. The van der Waals surface area contributed by atoms with Crippen LogP contribution in [0.2, 0.25) is 0 Å². The molecule has 2 aromatic rings. The second kappa shape index (κ2) is 10.9. The number of hydrogen-bond acceptors (Lipinski definition) is 5. The molecule has 3 rings (SSSR count). The van der Waals surface area contributed by atoms with E-state index in [4.69, 9.17) is 9.47 Å². The molecule has 1 amide bonds. The average Bonchev–Trinajstić information content (AvgIpc) is 2.90. The maximum atomic E-state index is 14.9. The Morgan fingerprint density at radius 2 is 1.85 bits per heavy atom. The molecule has 1 aliphatic rings. The first kappa shape index (κ1) is 25.6. The van der Waals surface area contributed by atoms with Crippen LogP contribution < -0.4 is 5.32 Å². The second-order valence-electron chi connectivity index (χ2n) is 9.47. The fraction of sp³-hybridized carbons (Fsp3) is 0.500. The Balaban J connectivity index is 2.02. The standard InChI is InChI=1S/C26H32F2N2O4/c1-5-33-21(31)14-12-16-11-13-18(17-8-6-10-20(27)22(17)28)24(19-9-7-15-29-23(16)19)30-25(32)34-26(2,3)4/h6-10,15-16,18,24H,5,11-14H2,1-4H3,(H,30,32). The number of esters is 1. The van der Waals surface area contributed by atoms with Crippen LogP contribution in [0.15, 0.2) is 36.5 Å². The highest BCUT2D eigenvalue weighted by atomic mass is 19.2. The summed E-state index contributed by atoms with van der Waals surface area (Å²) in [6.07, 6.45) is 2.75. The lowest BCUT2D eigenvalue weighted by atomic mass is 9.85. The van der Waals surface area contributed by atoms with Crippen molar-refractivity contribution in [3.05, 3.63) is 65.0 Å². The van der Waals surface area contributed by atoms with Crippen molar-refractivity contribution in [2.24, 2.45) is 0 Å². The molecule has 3 unspecified atom stereocenters. The molecular weight excluding hydrogens is 442 g/mol. The molecule has 1 N–H and O–H groups in total. The number of hydrogen-bond donors (Lipinski definition) is 1. The van der Waals surface area contributed by atoms with Gasteiger partial charge in [0.25, 0.3) is 0 Å². The summed E-state index contributed by atoms with van der Waals surface area (Å²) in [6.45, 7) is 7.32. The smallest absolute Gasteiger partial charge is 0.408 e. The Morgan fingerprint density at radius 3 is 2.56 bits per heavy atom. The topological polar surface area (TPSA) is 77.5 Å². The predicted molar refractivity (Wildman–Crippen MR) is 123 cm³/mol. The highest BCUT2D eigenvalue weighted by Crippen LogP contribution is 2.45. The summed E-state index contributed by atoms with van der Waals surface area (Å²) >= 11 is 0. The normalized spacial score (nSPS) is 20.1. The zero-order valence-electron chi connectivity index (χ0n) is 20.1. The molecule has 0 radical (unpaired) electrons. The van der Waals surface area contributed by atoms with Gasteiger partial charge in [0.1, 0.15) is 5.60 Å². The van der Waals surface area contributed by atoms with Crippen molar-refractivity contribution in [2.45, 2.75) is 76.9 Å². The third-order valence-electron chi connectivity index (χ3n) is 5.88. The van der Waals surface area contributed by atoms with Crippen molar-refractivity contribution in [3.63, 3.8) is 0 Å². The fourth-order valence-corrected chi connectivity index (χ4v) is 4.50. The van der Waals surface area contributed by atoms with E-state index in [0.29, 0.717) is 31.4 Å². The van der Waals surface area contributed by atoms with E-state index in [9.17, 15) is 18.4 Å². The molecule has 3 atom stereocenters. The van der Waals surface area contributed by atoms with Crippen molar-refractivity contribution in [1.82, 2.24) is 10.3 Å². The third-order valence-corrected chi connectivity index (χ3v) is 5.88. The van der Waals surface area contributed by atoms with Crippen molar-refractivity contribution in [1.29, 1.82) is 0 Å². The summed E-state index contributed by atoms with van der Waals surface area (Å²) in [5.74, 6) is -2.83. The van der Waals surface area contributed by atoms with Crippen molar-refractivity contribution >= 4 is 12.1 Å². The quantitative estimate of drug-likeness (QED) is 0.415. The molecular formula is C26H32F2N2O4. The molecule has 1 aromatic carbocycles. The second-order valence-corrected chi connectivity index (χ2v) is 9.47. The molecule has 0 saturated carbocycles. The minimum absolute atomic E-state index is 0.106. The van der Waals surface area contributed by atoms with Crippen LogP contribution in [0, 0.1) is 11.6 Å². The van der Waals surface area contributed by atoms with E-state index >= 15 is 0 Å². The molecule has 0 saturated heterocycles. The summed E-state index contributed by atoms with van der Waals surface area (Å²) in [7, 11) is 0. The first-order valence-corrected chi connectivity index (χ1v) is 11.6. The number of nitrogens with one attached hydrogen (secondary N) is 1. The van der Waals surface area contributed by atoms with Crippen LogP contribution >= 0.6 is 0 Å². The maximum Gasteiger partial charge on any atom is 0.408 e. The van der Waals surface area contributed by atoms with Gasteiger partial charge in [-0.1, -0.05) is 18.2 Å². The molecule has 0 bridgehead atoms. The molecule has 0 spiro atoms. The van der Waals surface area contributed by atoms with E-state index in [1.165, 1.54) is 6.07 Å². The van der Waals surface area contributed by atoms with Gasteiger partial charge >= 0.3 is 12.1 Å². The van der Waals surface area contributed by atoms with E-state index in [1.54, 1.807) is 46.0 Å². The Labute approximate surface area is 199 Å². The SMILES string of the molecule is CCOC(=O)CCC1CCC(c2cccc(F)c2F)C(NC(=O)OC(C)(C)C)c2cccnc21. The van der Waals surface area contributed by atoms with Crippen LogP contribution in [0.1, 0.15) is 88.1 Å². The van der Waals surface area contributed by atoms with Crippen LogP contribution in [0.4, 0.5) is 13.6 Å². The fourth-order valence-electron chi connectivity index (χ4n) is 4.50. The summed E-state index contributed by atoms with van der Waals surface area (Å²) < 4.78 is 39.6. The minimum atomic E-state index is -0.942. The van der Waals surface area contributed by atoms with E-state index in [1.807, 2.05) is 6.07 Å². The highest BCUT2D eigenvalue weighted by Gasteiger charge is 2.37. The first-order valence-electron chi connectivity index (χ1n) is 11.6. The van der Waals surface area contributed by atoms with Crippen LogP contribution in [-0.4, -0.2) is 29.3 Å². The summed E-state index contributed by atoms with van der Waals surface area (Å²) in [6, 6.07) is 6.96. The van der Waals surface area contributed by atoms with Gasteiger partial charge in [-0.3, -0.25) is 9.78 Å². The van der Waals surface area contributed by atoms with Gasteiger partial charge in [-0.2, -0.15) is 0 Å².